The Morgan fingerprint density at radius 3 is 2.66 bits per heavy atom. The maximum absolute atomic E-state index is 15.5. The van der Waals surface area contributed by atoms with Gasteiger partial charge in [0.1, 0.15) is 11.5 Å². The predicted octanol–water partition coefficient (Wildman–Crippen LogP) is 5.18. The van der Waals surface area contributed by atoms with Crippen molar-refractivity contribution in [1.82, 2.24) is 15.0 Å². The van der Waals surface area contributed by atoms with Gasteiger partial charge in [-0.1, -0.05) is 12.1 Å². The highest BCUT2D eigenvalue weighted by Crippen LogP contribution is 2.42. The van der Waals surface area contributed by atoms with E-state index in [1.165, 1.54) is 35.7 Å². The van der Waals surface area contributed by atoms with Gasteiger partial charge in [0.15, 0.2) is 5.01 Å². The van der Waals surface area contributed by atoms with Crippen molar-refractivity contribution in [2.45, 2.75) is 19.1 Å². The summed E-state index contributed by atoms with van der Waals surface area (Å²) in [5.74, 6) is -1.44. The number of hydrogen-bond acceptors (Lipinski definition) is 6. The molecule has 1 aliphatic heterocycles. The zero-order valence-electron chi connectivity index (χ0n) is 17.9. The molecule has 3 heterocycles. The topological polar surface area (TPSA) is 112 Å². The van der Waals surface area contributed by atoms with E-state index in [1.54, 1.807) is 18.2 Å². The molecule has 2 aromatic carbocycles. The number of anilines is 1. The molecule has 0 radical (unpaired) electrons. The van der Waals surface area contributed by atoms with E-state index in [0.29, 0.717) is 22.5 Å². The Labute approximate surface area is 199 Å². The Balaban J connectivity index is 1.62. The zero-order valence-corrected chi connectivity index (χ0v) is 18.8. The van der Waals surface area contributed by atoms with Crippen molar-refractivity contribution in [3.63, 3.8) is 0 Å². The fraction of sp³-hybridized carbons (Fsp3) is 0.130. The molecule has 0 aliphatic carbocycles. The predicted molar refractivity (Wildman–Crippen MR) is 123 cm³/mol. The monoisotopic (exact) mass is 500 g/mol. The van der Waals surface area contributed by atoms with Gasteiger partial charge >= 0.3 is 6.18 Å². The quantitative estimate of drug-likeness (QED) is 0.336. The molecule has 178 valence electrons. The third-order valence-electron chi connectivity index (χ3n) is 5.68. The van der Waals surface area contributed by atoms with E-state index >= 15 is 4.39 Å². The van der Waals surface area contributed by atoms with Gasteiger partial charge in [-0.15, -0.1) is 11.3 Å². The van der Waals surface area contributed by atoms with Crippen molar-refractivity contribution < 1.29 is 22.4 Å². The number of hydrogen-bond donors (Lipinski definition) is 3. The number of nitrogens with one attached hydrogen (secondary N) is 2. The van der Waals surface area contributed by atoms with Crippen LogP contribution in [0.15, 0.2) is 59.4 Å². The Morgan fingerprint density at radius 2 is 2.00 bits per heavy atom. The first-order valence-corrected chi connectivity index (χ1v) is 11.1. The normalized spacial score (nSPS) is 18.1. The molecule has 0 bridgehead atoms. The van der Waals surface area contributed by atoms with Gasteiger partial charge in [-0.25, -0.2) is 14.4 Å². The Kier molecular flexibility index (Phi) is 5.20. The molecule has 1 fully saturated rings. The van der Waals surface area contributed by atoms with Crippen molar-refractivity contribution in [2.24, 2.45) is 5.73 Å². The van der Waals surface area contributed by atoms with Crippen LogP contribution in [0.3, 0.4) is 0 Å². The van der Waals surface area contributed by atoms with Gasteiger partial charge in [-0.3, -0.25) is 15.1 Å². The third kappa shape index (κ3) is 3.75. The van der Waals surface area contributed by atoms with Gasteiger partial charge < -0.3 is 10.7 Å². The molecule has 4 aromatic rings. The smallest absolute Gasteiger partial charge is 0.402 e. The maximum atomic E-state index is 15.5. The van der Waals surface area contributed by atoms with Crippen LogP contribution in [0.4, 0.5) is 23.2 Å². The van der Waals surface area contributed by atoms with Crippen LogP contribution in [0.2, 0.25) is 0 Å². The summed E-state index contributed by atoms with van der Waals surface area (Å²) in [4.78, 5) is 25.1. The number of H-pyrrole nitrogens is 1. The van der Waals surface area contributed by atoms with Crippen LogP contribution < -0.4 is 10.6 Å². The molecule has 35 heavy (non-hydrogen) atoms. The number of carbonyl (C=O) groups is 1. The second kappa shape index (κ2) is 8.01. The van der Waals surface area contributed by atoms with Crippen LogP contribution in [0.1, 0.15) is 23.5 Å². The highest BCUT2D eigenvalue weighted by molar-refractivity contribution is 7.10. The molecule has 1 aliphatic rings. The number of aromatic amines is 1. The molecule has 1 unspecified atom stereocenters. The molecular weight excluding hydrogens is 484 g/mol. The minimum Gasteiger partial charge on any atom is -0.402 e. The largest absolute Gasteiger partial charge is 0.443 e. The van der Waals surface area contributed by atoms with Gasteiger partial charge in [-0.05, 0) is 31.2 Å². The van der Waals surface area contributed by atoms with E-state index in [1.807, 2.05) is 0 Å². The lowest BCUT2D eigenvalue weighted by molar-refractivity contribution is -0.137. The fourth-order valence-corrected chi connectivity index (χ4v) is 4.80. The van der Waals surface area contributed by atoms with E-state index in [4.69, 9.17) is 11.1 Å². The minimum absolute atomic E-state index is 0.0189. The Morgan fingerprint density at radius 1 is 1.23 bits per heavy atom. The van der Waals surface area contributed by atoms with Crippen molar-refractivity contribution in [1.29, 1.82) is 5.41 Å². The number of fused-ring (bicyclic) bond motifs is 1. The summed E-state index contributed by atoms with van der Waals surface area (Å²) in [6, 6.07) is 7.81. The average molecular weight is 500 g/mol. The number of nitrogens with zero attached hydrogens (tertiary/aromatic N) is 3. The van der Waals surface area contributed by atoms with Crippen molar-refractivity contribution in [3.8, 4) is 11.3 Å². The first-order chi connectivity index (χ1) is 16.6. The lowest BCUT2D eigenvalue weighted by Crippen LogP contribution is -2.29. The highest BCUT2D eigenvalue weighted by atomic mass is 32.1. The lowest BCUT2D eigenvalue weighted by atomic mass is 9.95. The molecule has 0 spiro atoms. The number of nitrogens with two attached hydrogens (primary N) is 1. The number of amides is 1. The molecule has 1 amide bonds. The van der Waals surface area contributed by atoms with Gasteiger partial charge in [0.2, 0.25) is 0 Å². The molecule has 0 saturated carbocycles. The number of allylic oxidation sites excluding steroid dienone is 1. The molecule has 2 aromatic heterocycles. The Bertz CT molecular complexity index is 1530. The van der Waals surface area contributed by atoms with Crippen LogP contribution in [-0.4, -0.2) is 26.6 Å². The fourth-order valence-electron chi connectivity index (χ4n) is 4.11. The second-order valence-electron chi connectivity index (χ2n) is 7.93. The summed E-state index contributed by atoms with van der Waals surface area (Å²) < 4.78 is 54.3. The third-order valence-corrected chi connectivity index (χ3v) is 6.57. The summed E-state index contributed by atoms with van der Waals surface area (Å²) in [5.41, 5.74) is 7.83. The molecule has 5 rings (SSSR count). The summed E-state index contributed by atoms with van der Waals surface area (Å²) in [5, 5.41) is 8.52. The number of halogens is 4. The molecule has 1 atom stereocenters. The number of aromatic nitrogens is 3. The van der Waals surface area contributed by atoms with Crippen LogP contribution in [0.25, 0.3) is 22.3 Å². The average Bonchev–Trinajstić information content (AvgIpc) is 3.51. The molecule has 4 N–H and O–H groups in total. The van der Waals surface area contributed by atoms with Crippen molar-refractivity contribution in [3.05, 3.63) is 75.8 Å². The second-order valence-corrected chi connectivity index (χ2v) is 8.78. The van der Waals surface area contributed by atoms with Crippen LogP contribution in [0.5, 0.6) is 0 Å². The van der Waals surface area contributed by atoms with Crippen LogP contribution >= 0.6 is 11.3 Å². The number of imidazole rings is 1. The van der Waals surface area contributed by atoms with E-state index in [2.05, 4.69) is 15.0 Å². The van der Waals surface area contributed by atoms with Crippen LogP contribution in [0, 0.1) is 11.2 Å². The van der Waals surface area contributed by atoms with Gasteiger partial charge in [-0.2, -0.15) is 13.2 Å². The number of rotatable bonds is 3. The summed E-state index contributed by atoms with van der Waals surface area (Å²) in [7, 11) is 0. The van der Waals surface area contributed by atoms with Crippen LogP contribution in [-0.2, 0) is 11.0 Å². The highest BCUT2D eigenvalue weighted by Gasteiger charge is 2.44. The minimum atomic E-state index is -4.60. The summed E-state index contributed by atoms with van der Waals surface area (Å²) >= 11 is 0.419. The zero-order chi connectivity index (χ0) is 25.1. The molecular formula is C23H16F4N6OS. The summed E-state index contributed by atoms with van der Waals surface area (Å²) in [6.45, 7) is 1.52. The first kappa shape index (κ1) is 22.7. The lowest BCUT2D eigenvalue weighted by Gasteiger charge is -2.26. The van der Waals surface area contributed by atoms with E-state index in [9.17, 15) is 18.0 Å². The van der Waals surface area contributed by atoms with Crippen molar-refractivity contribution in [2.75, 3.05) is 4.90 Å². The van der Waals surface area contributed by atoms with E-state index in [0.717, 1.165) is 11.6 Å². The van der Waals surface area contributed by atoms with E-state index < -0.39 is 29.0 Å². The number of thiazole rings is 1. The molecule has 1 saturated heterocycles. The standard InChI is InChI=1S/C23H16F4N6OS/c1-10(28)18-19(29)21(34)33(12-3-5-15-16(7-12)31-9-30-15)20(18)13-4-2-11(6-14(13)24)17-8-35-22(32-17)23(25,26)27/h2-9,20,29H,28H2,1H3,(H,30,31)/b18-10+,29-19?. The maximum Gasteiger partial charge on any atom is 0.443 e. The van der Waals surface area contributed by atoms with Crippen molar-refractivity contribution >= 4 is 39.7 Å². The Hall–Kier alpha value is -4.06. The molecule has 12 heteroatoms. The number of benzene rings is 2. The number of carbonyl (C=O) groups excluding carboxylic acids is 1. The van der Waals surface area contributed by atoms with E-state index in [-0.39, 0.29) is 33.8 Å². The van der Waals surface area contributed by atoms with Gasteiger partial charge in [0.05, 0.1) is 29.1 Å². The van der Waals surface area contributed by atoms with Gasteiger partial charge in [0, 0.05) is 33.5 Å². The van der Waals surface area contributed by atoms with Gasteiger partial charge in [0.25, 0.3) is 5.91 Å². The SMILES string of the molecule is C/C(N)=C1/C(=N)C(=O)N(c2ccc3[nH]cnc3c2)C1c1ccc(-c2csc(C(F)(F)F)n2)cc1F. The number of alkyl halides is 3. The first-order valence-electron chi connectivity index (χ1n) is 10.2. The summed E-state index contributed by atoms with van der Waals surface area (Å²) in [6.07, 6.45) is -3.10. The molecule has 7 nitrogen and oxygen atoms in total.